The lowest BCUT2D eigenvalue weighted by Gasteiger charge is -2.16. The van der Waals surface area contributed by atoms with Gasteiger partial charge in [-0.2, -0.15) is 0 Å². The number of hydrogen-bond donors (Lipinski definition) is 4. The van der Waals surface area contributed by atoms with Gasteiger partial charge in [0.15, 0.2) is 0 Å². The van der Waals surface area contributed by atoms with Gasteiger partial charge < -0.3 is 20.1 Å². The smallest absolute Gasteiger partial charge is 0.423 e. The summed E-state index contributed by atoms with van der Waals surface area (Å²) in [6.45, 7) is 0. The average Bonchev–Trinajstić information content (AvgIpc) is 2.56. The normalized spacial score (nSPS) is 11.3. The molecule has 4 N–H and O–H groups in total. The summed E-state index contributed by atoms with van der Waals surface area (Å²) in [5, 5.41) is 44.1. The maximum atomic E-state index is 9.95. The second-order valence-electron chi connectivity index (χ2n) is 5.87. The fourth-order valence-electron chi connectivity index (χ4n) is 3.49. The van der Waals surface area contributed by atoms with Gasteiger partial charge in [-0.15, -0.1) is 0 Å². The molecule has 0 atom stereocenters. The van der Waals surface area contributed by atoms with E-state index < -0.39 is 14.2 Å². The van der Waals surface area contributed by atoms with E-state index in [2.05, 4.69) is 0 Å². The van der Waals surface area contributed by atoms with Crippen molar-refractivity contribution < 1.29 is 20.1 Å². The predicted octanol–water partition coefficient (Wildman–Crippen LogP) is 0.506. The molecule has 0 amide bonds. The third-order valence-corrected chi connectivity index (χ3v) is 4.49. The molecule has 0 bridgehead atoms. The van der Waals surface area contributed by atoms with Gasteiger partial charge in [-0.3, -0.25) is 0 Å². The quantitative estimate of drug-likeness (QED) is 0.321. The van der Waals surface area contributed by atoms with E-state index in [0.29, 0.717) is 21.7 Å². The van der Waals surface area contributed by atoms with Gasteiger partial charge in [0.05, 0.1) is 0 Å². The van der Waals surface area contributed by atoms with Crippen LogP contribution < -0.4 is 10.9 Å². The van der Waals surface area contributed by atoms with Gasteiger partial charge in [0, 0.05) is 0 Å². The summed E-state index contributed by atoms with van der Waals surface area (Å²) in [4.78, 5) is 0. The maximum Gasteiger partial charge on any atom is 0.489 e. The minimum atomic E-state index is -1.66. The summed E-state index contributed by atoms with van der Waals surface area (Å²) < 4.78 is 0. The Labute approximate surface area is 138 Å². The molecular weight excluding hydrogens is 302 g/mol. The van der Waals surface area contributed by atoms with E-state index in [1.54, 1.807) is 0 Å². The van der Waals surface area contributed by atoms with Crippen molar-refractivity contribution in [1.82, 2.24) is 0 Å². The van der Waals surface area contributed by atoms with Crippen molar-refractivity contribution in [3.63, 3.8) is 0 Å². The standard InChI is InChI=1S/C18H14B2O4/c21-19(22)17-13-7-3-1-5-11(13)9-15-16(17)10-12-6-2-4-8-14(12)18(15)20(23)24/h1-10,21-24H. The highest BCUT2D eigenvalue weighted by Gasteiger charge is 2.24. The molecule has 0 saturated heterocycles. The van der Waals surface area contributed by atoms with Crippen LogP contribution in [-0.4, -0.2) is 34.3 Å². The van der Waals surface area contributed by atoms with Crippen LogP contribution in [0.15, 0.2) is 60.7 Å². The molecule has 0 fully saturated rings. The fourth-order valence-corrected chi connectivity index (χ4v) is 3.49. The van der Waals surface area contributed by atoms with Gasteiger partial charge in [-0.25, -0.2) is 0 Å². The van der Waals surface area contributed by atoms with Crippen LogP contribution in [-0.2, 0) is 0 Å². The van der Waals surface area contributed by atoms with Crippen molar-refractivity contribution in [2.45, 2.75) is 0 Å². The molecule has 0 spiro atoms. The summed E-state index contributed by atoms with van der Waals surface area (Å²) >= 11 is 0. The number of fused-ring (bicyclic) bond motifs is 3. The number of rotatable bonds is 2. The Morgan fingerprint density at radius 2 is 0.875 bits per heavy atom. The first kappa shape index (κ1) is 15.2. The highest BCUT2D eigenvalue weighted by molar-refractivity contribution is 6.69. The number of hydrogen-bond acceptors (Lipinski definition) is 4. The summed E-state index contributed by atoms with van der Waals surface area (Å²) in [7, 11) is -3.33. The molecule has 4 aromatic carbocycles. The molecule has 24 heavy (non-hydrogen) atoms. The second kappa shape index (κ2) is 5.61. The van der Waals surface area contributed by atoms with Crippen molar-refractivity contribution >= 4 is 57.5 Å². The molecule has 0 saturated carbocycles. The third-order valence-electron chi connectivity index (χ3n) is 4.49. The van der Waals surface area contributed by atoms with E-state index >= 15 is 0 Å². The predicted molar refractivity (Wildman–Crippen MR) is 98.6 cm³/mol. The van der Waals surface area contributed by atoms with Crippen LogP contribution in [0.5, 0.6) is 0 Å². The van der Waals surface area contributed by atoms with Gasteiger partial charge in [-0.05, 0) is 55.4 Å². The summed E-state index contributed by atoms with van der Waals surface area (Å²) in [5.74, 6) is 0. The molecule has 4 aromatic rings. The van der Waals surface area contributed by atoms with Gasteiger partial charge >= 0.3 is 14.2 Å². The Bertz CT molecular complexity index is 990. The van der Waals surface area contributed by atoms with E-state index in [1.165, 1.54) is 0 Å². The van der Waals surface area contributed by atoms with Crippen LogP contribution in [0.3, 0.4) is 0 Å². The Morgan fingerprint density at radius 1 is 0.500 bits per heavy atom. The SMILES string of the molecule is OB(O)c1c2ccccc2cc2c(B(O)O)c3ccccc3cc12. The molecule has 4 nitrogen and oxygen atoms in total. The van der Waals surface area contributed by atoms with Crippen LogP contribution >= 0.6 is 0 Å². The molecule has 4 rings (SSSR count). The zero-order valence-electron chi connectivity index (χ0n) is 12.7. The molecular formula is C18H14B2O4. The first-order valence-electron chi connectivity index (χ1n) is 7.67. The van der Waals surface area contributed by atoms with Crippen molar-refractivity contribution in [3.05, 3.63) is 60.7 Å². The van der Waals surface area contributed by atoms with E-state index in [9.17, 15) is 20.1 Å². The van der Waals surface area contributed by atoms with Crippen LogP contribution in [0, 0.1) is 0 Å². The van der Waals surface area contributed by atoms with Gasteiger partial charge in [0.2, 0.25) is 0 Å². The third kappa shape index (κ3) is 2.20. The Kier molecular flexibility index (Phi) is 3.55. The fraction of sp³-hybridized carbons (Fsp3) is 0. The highest BCUT2D eigenvalue weighted by Crippen LogP contribution is 2.25. The topological polar surface area (TPSA) is 80.9 Å². The Hall–Kier alpha value is -2.37. The largest absolute Gasteiger partial charge is 0.489 e. The lowest BCUT2D eigenvalue weighted by Crippen LogP contribution is -2.35. The monoisotopic (exact) mass is 316 g/mol. The Balaban J connectivity index is 2.32. The molecule has 6 heteroatoms. The first-order chi connectivity index (χ1) is 11.6. The molecule has 0 radical (unpaired) electrons. The lowest BCUT2D eigenvalue weighted by molar-refractivity contribution is 0.425. The van der Waals surface area contributed by atoms with E-state index in [4.69, 9.17) is 0 Å². The summed E-state index contributed by atoms with van der Waals surface area (Å²) in [6.07, 6.45) is 0. The second-order valence-corrected chi connectivity index (χ2v) is 5.87. The zero-order chi connectivity index (χ0) is 16.8. The Morgan fingerprint density at radius 3 is 1.25 bits per heavy atom. The van der Waals surface area contributed by atoms with Crippen molar-refractivity contribution in [3.8, 4) is 0 Å². The molecule has 0 aliphatic carbocycles. The van der Waals surface area contributed by atoms with Gasteiger partial charge in [0.25, 0.3) is 0 Å². The van der Waals surface area contributed by atoms with Crippen LogP contribution in [0.1, 0.15) is 0 Å². The summed E-state index contributed by atoms with van der Waals surface area (Å²) in [6, 6.07) is 18.5. The molecule has 0 heterocycles. The van der Waals surface area contributed by atoms with Crippen molar-refractivity contribution in [2.75, 3.05) is 0 Å². The van der Waals surface area contributed by atoms with Crippen LogP contribution in [0.4, 0.5) is 0 Å². The summed E-state index contributed by atoms with van der Waals surface area (Å²) in [5.41, 5.74) is 0.742. The lowest BCUT2D eigenvalue weighted by atomic mass is 9.68. The number of benzene rings is 4. The van der Waals surface area contributed by atoms with Crippen molar-refractivity contribution in [2.24, 2.45) is 0 Å². The molecule has 0 aromatic heterocycles. The first-order valence-corrected chi connectivity index (χ1v) is 7.67. The van der Waals surface area contributed by atoms with E-state index in [0.717, 1.165) is 21.5 Å². The minimum absolute atomic E-state index is 0.371. The molecule has 116 valence electrons. The minimum Gasteiger partial charge on any atom is -0.423 e. The average molecular weight is 316 g/mol. The van der Waals surface area contributed by atoms with E-state index in [1.807, 2.05) is 60.7 Å². The van der Waals surface area contributed by atoms with Gasteiger partial charge in [0.1, 0.15) is 0 Å². The zero-order valence-corrected chi connectivity index (χ0v) is 12.7. The van der Waals surface area contributed by atoms with Gasteiger partial charge in [-0.1, -0.05) is 48.5 Å². The van der Waals surface area contributed by atoms with E-state index in [-0.39, 0.29) is 0 Å². The molecule has 0 unspecified atom stereocenters. The van der Waals surface area contributed by atoms with Crippen molar-refractivity contribution in [1.29, 1.82) is 0 Å². The molecule has 0 aliphatic heterocycles. The highest BCUT2D eigenvalue weighted by atomic mass is 16.4. The maximum absolute atomic E-state index is 9.95. The molecule has 0 aliphatic rings. The van der Waals surface area contributed by atoms with Crippen LogP contribution in [0.2, 0.25) is 0 Å². The van der Waals surface area contributed by atoms with Crippen LogP contribution in [0.25, 0.3) is 32.3 Å².